The van der Waals surface area contributed by atoms with Gasteiger partial charge in [-0.25, -0.2) is 4.98 Å². The maximum atomic E-state index is 4.61. The van der Waals surface area contributed by atoms with Gasteiger partial charge >= 0.3 is 0 Å². The predicted molar refractivity (Wildman–Crippen MR) is 70.3 cm³/mol. The summed E-state index contributed by atoms with van der Waals surface area (Å²) in [5, 5.41) is 0. The molecule has 3 nitrogen and oxygen atoms in total. The van der Waals surface area contributed by atoms with Crippen LogP contribution < -0.4 is 4.90 Å². The molecule has 2 aliphatic heterocycles. The summed E-state index contributed by atoms with van der Waals surface area (Å²) in [7, 11) is 0. The monoisotopic (exact) mass is 229 g/mol. The van der Waals surface area contributed by atoms with E-state index in [1.165, 1.54) is 6.42 Å². The van der Waals surface area contributed by atoms with E-state index in [9.17, 15) is 0 Å². The number of nitrogens with zero attached hydrogens (tertiary/aromatic N) is 3. The fourth-order valence-electron chi connectivity index (χ4n) is 2.75. The van der Waals surface area contributed by atoms with Crippen LogP contribution in [-0.2, 0) is 0 Å². The van der Waals surface area contributed by atoms with Gasteiger partial charge in [-0.3, -0.25) is 4.90 Å². The number of aryl methyl sites for hydroxylation is 1. The second kappa shape index (κ2) is 4.49. The molecule has 1 unspecified atom stereocenters. The molecule has 0 amide bonds. The van der Waals surface area contributed by atoms with E-state index in [4.69, 9.17) is 0 Å². The molecule has 1 saturated heterocycles. The predicted octanol–water partition coefficient (Wildman–Crippen LogP) is 1.84. The number of hydrogen-bond acceptors (Lipinski definition) is 3. The van der Waals surface area contributed by atoms with Gasteiger partial charge in [0.15, 0.2) is 0 Å². The lowest BCUT2D eigenvalue weighted by Gasteiger charge is -2.24. The first-order valence-corrected chi connectivity index (χ1v) is 6.40. The summed E-state index contributed by atoms with van der Waals surface area (Å²) in [6.45, 7) is 6.57. The summed E-state index contributed by atoms with van der Waals surface area (Å²) < 4.78 is 0. The average molecular weight is 229 g/mol. The molecule has 0 spiro atoms. The maximum Gasteiger partial charge on any atom is 0.128 e. The molecule has 3 rings (SSSR count). The minimum absolute atomic E-state index is 0.701. The summed E-state index contributed by atoms with van der Waals surface area (Å²) in [6.07, 6.45) is 5.80. The third kappa shape index (κ3) is 2.20. The Morgan fingerprint density at radius 2 is 2.06 bits per heavy atom. The number of hydrogen-bond donors (Lipinski definition) is 0. The molecule has 90 valence electrons. The van der Waals surface area contributed by atoms with Gasteiger partial charge in [-0.15, -0.1) is 0 Å². The van der Waals surface area contributed by atoms with Crippen molar-refractivity contribution in [2.45, 2.75) is 19.4 Å². The Morgan fingerprint density at radius 3 is 2.82 bits per heavy atom. The summed E-state index contributed by atoms with van der Waals surface area (Å²) in [5.41, 5.74) is 1.11. The normalized spacial score (nSPS) is 24.8. The van der Waals surface area contributed by atoms with Crippen molar-refractivity contribution < 1.29 is 0 Å². The van der Waals surface area contributed by atoms with E-state index in [-0.39, 0.29) is 0 Å². The van der Waals surface area contributed by atoms with Crippen molar-refractivity contribution in [3.05, 3.63) is 36.0 Å². The van der Waals surface area contributed by atoms with E-state index in [0.717, 1.165) is 37.7 Å². The Labute approximate surface area is 103 Å². The molecule has 1 atom stereocenters. The molecule has 3 heterocycles. The van der Waals surface area contributed by atoms with Crippen LogP contribution in [0.25, 0.3) is 0 Å². The fourth-order valence-corrected chi connectivity index (χ4v) is 2.75. The minimum Gasteiger partial charge on any atom is -0.355 e. The van der Waals surface area contributed by atoms with Crippen molar-refractivity contribution in [2.24, 2.45) is 0 Å². The van der Waals surface area contributed by atoms with Gasteiger partial charge < -0.3 is 4.90 Å². The van der Waals surface area contributed by atoms with Crippen molar-refractivity contribution in [1.29, 1.82) is 0 Å². The van der Waals surface area contributed by atoms with Crippen LogP contribution in [0, 0.1) is 6.92 Å². The second-order valence-electron chi connectivity index (χ2n) is 4.95. The Bertz CT molecular complexity index is 419. The first-order chi connectivity index (χ1) is 8.33. The lowest BCUT2D eigenvalue weighted by atomic mass is 10.2. The van der Waals surface area contributed by atoms with Gasteiger partial charge in [-0.2, -0.15) is 0 Å². The minimum atomic E-state index is 0.701. The molecule has 3 heteroatoms. The van der Waals surface area contributed by atoms with Gasteiger partial charge in [0.05, 0.1) is 0 Å². The molecule has 1 fully saturated rings. The van der Waals surface area contributed by atoms with E-state index in [0.29, 0.717) is 6.04 Å². The van der Waals surface area contributed by atoms with Crippen LogP contribution in [0.5, 0.6) is 0 Å². The molecule has 0 aliphatic carbocycles. The highest BCUT2D eigenvalue weighted by Crippen LogP contribution is 2.22. The quantitative estimate of drug-likeness (QED) is 0.721. The summed E-state index contributed by atoms with van der Waals surface area (Å²) in [4.78, 5) is 9.57. The standard InChI is InChI=1S/C14H19N3/c1-12-5-4-6-14(15-12)17-10-7-13(11-17)16-8-2-3-9-16/h2-6,13H,7-11H2,1H3. The van der Waals surface area contributed by atoms with E-state index in [1.807, 2.05) is 0 Å². The number of rotatable bonds is 2. The summed E-state index contributed by atoms with van der Waals surface area (Å²) >= 11 is 0. The number of aromatic nitrogens is 1. The van der Waals surface area contributed by atoms with Gasteiger partial charge in [0.2, 0.25) is 0 Å². The van der Waals surface area contributed by atoms with Crippen molar-refractivity contribution in [3.8, 4) is 0 Å². The van der Waals surface area contributed by atoms with Crippen LogP contribution in [0.2, 0.25) is 0 Å². The summed E-state index contributed by atoms with van der Waals surface area (Å²) in [6, 6.07) is 6.98. The lowest BCUT2D eigenvalue weighted by Crippen LogP contribution is -2.35. The average Bonchev–Trinajstić information content (AvgIpc) is 3.00. The highest BCUT2D eigenvalue weighted by Gasteiger charge is 2.28. The zero-order chi connectivity index (χ0) is 11.7. The van der Waals surface area contributed by atoms with Crippen LogP contribution in [0.1, 0.15) is 12.1 Å². The van der Waals surface area contributed by atoms with Gasteiger partial charge in [0.1, 0.15) is 5.82 Å². The molecule has 1 aromatic heterocycles. The van der Waals surface area contributed by atoms with Gasteiger partial charge in [0, 0.05) is 37.9 Å². The van der Waals surface area contributed by atoms with Crippen LogP contribution >= 0.6 is 0 Å². The SMILES string of the molecule is Cc1cccc(N2CCC(N3CC=CC3)C2)n1. The van der Waals surface area contributed by atoms with E-state index >= 15 is 0 Å². The van der Waals surface area contributed by atoms with E-state index in [1.54, 1.807) is 0 Å². The molecule has 0 N–H and O–H groups in total. The Hall–Kier alpha value is -1.35. The Morgan fingerprint density at radius 1 is 1.24 bits per heavy atom. The maximum absolute atomic E-state index is 4.61. The summed E-state index contributed by atoms with van der Waals surface area (Å²) in [5.74, 6) is 1.14. The van der Waals surface area contributed by atoms with Gasteiger partial charge in [-0.05, 0) is 25.5 Å². The van der Waals surface area contributed by atoms with Crippen LogP contribution in [0.15, 0.2) is 30.4 Å². The van der Waals surface area contributed by atoms with Crippen LogP contribution in [0.4, 0.5) is 5.82 Å². The third-order valence-corrected chi connectivity index (χ3v) is 3.72. The van der Waals surface area contributed by atoms with Crippen LogP contribution in [0.3, 0.4) is 0 Å². The molecular weight excluding hydrogens is 210 g/mol. The lowest BCUT2D eigenvalue weighted by molar-refractivity contribution is 0.271. The molecule has 0 aromatic carbocycles. The van der Waals surface area contributed by atoms with E-state index in [2.05, 4.69) is 52.1 Å². The van der Waals surface area contributed by atoms with E-state index < -0.39 is 0 Å². The highest BCUT2D eigenvalue weighted by atomic mass is 15.3. The van der Waals surface area contributed by atoms with Crippen LogP contribution in [-0.4, -0.2) is 42.1 Å². The first-order valence-electron chi connectivity index (χ1n) is 6.40. The third-order valence-electron chi connectivity index (χ3n) is 3.72. The van der Waals surface area contributed by atoms with Crippen molar-refractivity contribution in [1.82, 2.24) is 9.88 Å². The van der Waals surface area contributed by atoms with Crippen molar-refractivity contribution in [2.75, 3.05) is 31.1 Å². The fraction of sp³-hybridized carbons (Fsp3) is 0.500. The molecule has 2 aliphatic rings. The number of anilines is 1. The zero-order valence-electron chi connectivity index (χ0n) is 10.3. The molecule has 0 saturated carbocycles. The smallest absolute Gasteiger partial charge is 0.128 e. The van der Waals surface area contributed by atoms with Gasteiger partial charge in [-0.1, -0.05) is 18.2 Å². The highest BCUT2D eigenvalue weighted by molar-refractivity contribution is 5.40. The zero-order valence-corrected chi connectivity index (χ0v) is 10.3. The molecule has 1 aromatic rings. The topological polar surface area (TPSA) is 19.4 Å². The first kappa shape index (κ1) is 10.8. The van der Waals surface area contributed by atoms with Crippen molar-refractivity contribution >= 4 is 5.82 Å². The molecule has 17 heavy (non-hydrogen) atoms. The van der Waals surface area contributed by atoms with Crippen molar-refractivity contribution in [3.63, 3.8) is 0 Å². The largest absolute Gasteiger partial charge is 0.355 e. The second-order valence-corrected chi connectivity index (χ2v) is 4.95. The molecule has 0 bridgehead atoms. The molecule has 0 radical (unpaired) electrons. The van der Waals surface area contributed by atoms with Gasteiger partial charge in [0.25, 0.3) is 0 Å². The Kier molecular flexibility index (Phi) is 2.85. The Balaban J connectivity index is 1.67. The number of pyridine rings is 1. The molecular formula is C14H19N3.